The number of morpholine rings is 1. The Hall–Kier alpha value is -2.21. The summed E-state index contributed by atoms with van der Waals surface area (Å²) >= 11 is 0. The van der Waals surface area contributed by atoms with Gasteiger partial charge in [-0.3, -0.25) is 4.79 Å². The predicted octanol–water partition coefficient (Wildman–Crippen LogP) is 1.58. The Balaban J connectivity index is 1.47. The molecule has 23 heavy (non-hydrogen) atoms. The van der Waals surface area contributed by atoms with Crippen LogP contribution in [0.4, 0.5) is 0 Å². The van der Waals surface area contributed by atoms with Gasteiger partial charge in [-0.05, 0) is 36.5 Å². The van der Waals surface area contributed by atoms with E-state index in [0.717, 1.165) is 17.7 Å². The summed E-state index contributed by atoms with van der Waals surface area (Å²) in [7, 11) is 0. The number of hydrogen-bond donors (Lipinski definition) is 0. The number of carbonyl (C=O) groups excluding carboxylic acids is 1. The van der Waals surface area contributed by atoms with E-state index in [9.17, 15) is 4.79 Å². The van der Waals surface area contributed by atoms with E-state index in [1.807, 2.05) is 35.4 Å². The van der Waals surface area contributed by atoms with E-state index in [1.54, 1.807) is 10.9 Å². The smallest absolute Gasteiger partial charge is 0.254 e. The molecule has 4 rings (SSSR count). The quantitative estimate of drug-likeness (QED) is 0.860. The second-order valence-corrected chi connectivity index (χ2v) is 6.30. The van der Waals surface area contributed by atoms with Crippen molar-refractivity contribution in [3.8, 4) is 0 Å². The number of carbonyl (C=O) groups is 1. The zero-order valence-electron chi connectivity index (χ0n) is 13.0. The van der Waals surface area contributed by atoms with Gasteiger partial charge in [-0.25, -0.2) is 4.68 Å². The molecule has 6 nitrogen and oxygen atoms in total. The van der Waals surface area contributed by atoms with Gasteiger partial charge in [-0.15, -0.1) is 5.10 Å². The lowest BCUT2D eigenvalue weighted by atomic mass is 10.1. The van der Waals surface area contributed by atoms with Crippen molar-refractivity contribution >= 4 is 5.91 Å². The van der Waals surface area contributed by atoms with Gasteiger partial charge in [0.2, 0.25) is 0 Å². The Morgan fingerprint density at radius 1 is 1.35 bits per heavy atom. The van der Waals surface area contributed by atoms with E-state index in [2.05, 4.69) is 10.3 Å². The standard InChI is InChI=1S/C17H20N4O2/c22-17(20-8-9-23-16(12-20)14-4-5-14)15-3-1-2-13(10-15)11-21-7-6-18-19-21/h1-3,6-7,10,14,16H,4-5,8-9,11-12H2. The number of amides is 1. The van der Waals surface area contributed by atoms with Crippen molar-refractivity contribution in [3.63, 3.8) is 0 Å². The molecule has 1 amide bonds. The molecule has 2 heterocycles. The van der Waals surface area contributed by atoms with Gasteiger partial charge in [0.1, 0.15) is 0 Å². The van der Waals surface area contributed by atoms with Crippen molar-refractivity contribution in [2.45, 2.75) is 25.5 Å². The number of rotatable bonds is 4. The molecule has 2 aliphatic rings. The van der Waals surface area contributed by atoms with E-state index in [4.69, 9.17) is 4.74 Å². The van der Waals surface area contributed by atoms with Gasteiger partial charge in [0.05, 0.1) is 25.5 Å². The average molecular weight is 312 g/mol. The molecule has 0 N–H and O–H groups in total. The number of nitrogens with zero attached hydrogens (tertiary/aromatic N) is 4. The number of ether oxygens (including phenoxy) is 1. The molecule has 1 saturated carbocycles. The monoisotopic (exact) mass is 312 g/mol. The fraction of sp³-hybridized carbons (Fsp3) is 0.471. The molecule has 120 valence electrons. The van der Waals surface area contributed by atoms with Crippen molar-refractivity contribution < 1.29 is 9.53 Å². The molecule has 2 fully saturated rings. The molecule has 1 aliphatic carbocycles. The van der Waals surface area contributed by atoms with Crippen LogP contribution in [-0.2, 0) is 11.3 Å². The summed E-state index contributed by atoms with van der Waals surface area (Å²) in [6.07, 6.45) is 6.17. The summed E-state index contributed by atoms with van der Waals surface area (Å²) < 4.78 is 7.55. The van der Waals surface area contributed by atoms with Crippen LogP contribution >= 0.6 is 0 Å². The van der Waals surface area contributed by atoms with E-state index < -0.39 is 0 Å². The maximum atomic E-state index is 12.8. The highest BCUT2D eigenvalue weighted by Crippen LogP contribution is 2.35. The van der Waals surface area contributed by atoms with Crippen LogP contribution < -0.4 is 0 Å². The first-order chi connectivity index (χ1) is 11.3. The molecule has 0 spiro atoms. The highest BCUT2D eigenvalue weighted by atomic mass is 16.5. The zero-order valence-corrected chi connectivity index (χ0v) is 13.0. The molecule has 0 radical (unpaired) electrons. The Labute approximate surface area is 135 Å². The third-order valence-corrected chi connectivity index (χ3v) is 4.52. The van der Waals surface area contributed by atoms with E-state index in [0.29, 0.717) is 25.6 Å². The maximum Gasteiger partial charge on any atom is 0.254 e. The molecule has 1 aliphatic heterocycles. The first kappa shape index (κ1) is 14.4. The van der Waals surface area contributed by atoms with Gasteiger partial charge in [0, 0.05) is 24.8 Å². The Kier molecular flexibility index (Phi) is 3.83. The van der Waals surface area contributed by atoms with Gasteiger partial charge < -0.3 is 9.64 Å². The molecule has 1 saturated heterocycles. The topological polar surface area (TPSA) is 60.2 Å². The highest BCUT2D eigenvalue weighted by molar-refractivity contribution is 5.94. The number of hydrogen-bond acceptors (Lipinski definition) is 4. The van der Waals surface area contributed by atoms with Gasteiger partial charge in [0.15, 0.2) is 0 Å². The number of benzene rings is 1. The largest absolute Gasteiger partial charge is 0.374 e. The summed E-state index contributed by atoms with van der Waals surface area (Å²) in [6, 6.07) is 7.77. The molecule has 1 atom stereocenters. The normalized spacial score (nSPS) is 21.4. The lowest BCUT2D eigenvalue weighted by Crippen LogP contribution is -2.46. The van der Waals surface area contributed by atoms with E-state index >= 15 is 0 Å². The Bertz CT molecular complexity index is 682. The molecule has 6 heteroatoms. The van der Waals surface area contributed by atoms with Gasteiger partial charge in [-0.2, -0.15) is 0 Å². The van der Waals surface area contributed by atoms with Crippen molar-refractivity contribution in [2.24, 2.45) is 5.92 Å². The lowest BCUT2D eigenvalue weighted by Gasteiger charge is -2.33. The van der Waals surface area contributed by atoms with Crippen LogP contribution in [0.15, 0.2) is 36.7 Å². The molecular weight excluding hydrogens is 292 g/mol. The summed E-state index contributed by atoms with van der Waals surface area (Å²) in [6.45, 7) is 2.66. The predicted molar refractivity (Wildman–Crippen MR) is 83.9 cm³/mol. The minimum absolute atomic E-state index is 0.0967. The molecule has 1 aromatic carbocycles. The lowest BCUT2D eigenvalue weighted by molar-refractivity contribution is -0.0313. The van der Waals surface area contributed by atoms with Crippen molar-refractivity contribution in [3.05, 3.63) is 47.8 Å². The third kappa shape index (κ3) is 3.27. The van der Waals surface area contributed by atoms with Crippen LogP contribution in [0.2, 0.25) is 0 Å². The maximum absolute atomic E-state index is 12.8. The first-order valence-electron chi connectivity index (χ1n) is 8.13. The Morgan fingerprint density at radius 3 is 3.04 bits per heavy atom. The average Bonchev–Trinajstić information content (AvgIpc) is 3.33. The van der Waals surface area contributed by atoms with Crippen molar-refractivity contribution in [1.82, 2.24) is 19.9 Å². The molecular formula is C17H20N4O2. The van der Waals surface area contributed by atoms with Crippen LogP contribution in [0.5, 0.6) is 0 Å². The highest BCUT2D eigenvalue weighted by Gasteiger charge is 2.36. The summed E-state index contributed by atoms with van der Waals surface area (Å²) in [5, 5.41) is 7.77. The van der Waals surface area contributed by atoms with Crippen LogP contribution in [0.1, 0.15) is 28.8 Å². The third-order valence-electron chi connectivity index (χ3n) is 4.52. The fourth-order valence-corrected chi connectivity index (χ4v) is 3.10. The Morgan fingerprint density at radius 2 is 2.26 bits per heavy atom. The molecule has 1 unspecified atom stereocenters. The van der Waals surface area contributed by atoms with Crippen molar-refractivity contribution in [1.29, 1.82) is 0 Å². The molecule has 2 aromatic rings. The number of aromatic nitrogens is 3. The van der Waals surface area contributed by atoms with E-state index in [-0.39, 0.29) is 12.0 Å². The summed E-state index contributed by atoms with van der Waals surface area (Å²) in [5.74, 6) is 0.753. The second kappa shape index (κ2) is 6.12. The van der Waals surface area contributed by atoms with Gasteiger partial charge in [0.25, 0.3) is 5.91 Å². The summed E-state index contributed by atoms with van der Waals surface area (Å²) in [5.41, 5.74) is 1.78. The fourth-order valence-electron chi connectivity index (χ4n) is 3.10. The zero-order chi connectivity index (χ0) is 15.6. The SMILES string of the molecule is O=C(c1cccc(Cn2ccnn2)c1)N1CCOC(C2CC2)C1. The van der Waals surface area contributed by atoms with Gasteiger partial charge >= 0.3 is 0 Å². The van der Waals surface area contributed by atoms with E-state index in [1.165, 1.54) is 12.8 Å². The summed E-state index contributed by atoms with van der Waals surface area (Å²) in [4.78, 5) is 14.7. The minimum atomic E-state index is 0.0967. The first-order valence-corrected chi connectivity index (χ1v) is 8.13. The van der Waals surface area contributed by atoms with Crippen LogP contribution in [0.25, 0.3) is 0 Å². The minimum Gasteiger partial charge on any atom is -0.374 e. The van der Waals surface area contributed by atoms with Crippen LogP contribution in [-0.4, -0.2) is 51.6 Å². The molecule has 1 aromatic heterocycles. The molecule has 0 bridgehead atoms. The second-order valence-electron chi connectivity index (χ2n) is 6.30. The van der Waals surface area contributed by atoms with Crippen molar-refractivity contribution in [2.75, 3.05) is 19.7 Å². The van der Waals surface area contributed by atoms with Gasteiger partial charge in [-0.1, -0.05) is 17.3 Å². The van der Waals surface area contributed by atoms with Crippen LogP contribution in [0.3, 0.4) is 0 Å². The van der Waals surface area contributed by atoms with Crippen LogP contribution in [0, 0.1) is 5.92 Å².